The third-order valence-electron chi connectivity index (χ3n) is 7.18. The van der Waals surface area contributed by atoms with E-state index in [1.54, 1.807) is 25.8 Å². The van der Waals surface area contributed by atoms with Gasteiger partial charge >= 0.3 is 5.97 Å². The van der Waals surface area contributed by atoms with E-state index in [0.717, 1.165) is 11.1 Å². The van der Waals surface area contributed by atoms with Crippen LogP contribution in [0.1, 0.15) is 99.1 Å². The van der Waals surface area contributed by atoms with Crippen LogP contribution in [0, 0.1) is 5.92 Å². The Kier molecular flexibility index (Phi) is 11.4. The average molecular weight is 589 g/mol. The predicted octanol–water partition coefficient (Wildman–Crippen LogP) is 5.77. The SMILES string of the molecule is COc1ccnc(C(=O)N[C@@H](C)C(=O)NN(C)C(c2cccc(C(C)C)c2)c2cccc(C(C)C)c2)c1OC(=O)C(C)C. The van der Waals surface area contributed by atoms with Gasteiger partial charge in [-0.3, -0.25) is 19.8 Å². The summed E-state index contributed by atoms with van der Waals surface area (Å²) in [5.74, 6) is -1.31. The second-order valence-electron chi connectivity index (χ2n) is 11.6. The summed E-state index contributed by atoms with van der Waals surface area (Å²) < 4.78 is 10.7. The number of carbonyl (C=O) groups excluding carboxylic acids is 3. The molecular formula is C34H44N4O5. The molecule has 1 atom stereocenters. The first-order valence-electron chi connectivity index (χ1n) is 14.6. The number of benzene rings is 2. The number of amides is 2. The largest absolute Gasteiger partial charge is 0.493 e. The number of carbonyl (C=O) groups is 3. The number of esters is 1. The normalized spacial score (nSPS) is 12.1. The van der Waals surface area contributed by atoms with E-state index in [1.165, 1.54) is 30.5 Å². The molecule has 1 aromatic heterocycles. The molecule has 2 amide bonds. The van der Waals surface area contributed by atoms with Crippen molar-refractivity contribution in [3.63, 3.8) is 0 Å². The van der Waals surface area contributed by atoms with E-state index in [4.69, 9.17) is 9.47 Å². The van der Waals surface area contributed by atoms with Gasteiger partial charge in [0.05, 0.1) is 19.1 Å². The van der Waals surface area contributed by atoms with Gasteiger partial charge in [0, 0.05) is 19.3 Å². The zero-order chi connectivity index (χ0) is 31.8. The maximum absolute atomic E-state index is 13.4. The smallest absolute Gasteiger partial charge is 0.313 e. The van der Waals surface area contributed by atoms with Crippen LogP contribution < -0.4 is 20.2 Å². The minimum Gasteiger partial charge on any atom is -0.493 e. The average Bonchev–Trinajstić information content (AvgIpc) is 2.97. The third kappa shape index (κ3) is 8.41. The molecule has 0 bridgehead atoms. The van der Waals surface area contributed by atoms with E-state index in [9.17, 15) is 14.4 Å². The highest BCUT2D eigenvalue weighted by Crippen LogP contribution is 2.32. The first-order chi connectivity index (χ1) is 20.3. The zero-order valence-electron chi connectivity index (χ0n) is 26.6. The highest BCUT2D eigenvalue weighted by Gasteiger charge is 2.28. The van der Waals surface area contributed by atoms with Crippen molar-refractivity contribution >= 4 is 17.8 Å². The second-order valence-corrected chi connectivity index (χ2v) is 11.6. The summed E-state index contributed by atoms with van der Waals surface area (Å²) >= 11 is 0. The molecule has 2 N–H and O–H groups in total. The van der Waals surface area contributed by atoms with Crippen LogP contribution in [0.2, 0.25) is 0 Å². The van der Waals surface area contributed by atoms with Gasteiger partial charge in [0.15, 0.2) is 11.4 Å². The lowest BCUT2D eigenvalue weighted by Crippen LogP contribution is -2.51. The monoisotopic (exact) mass is 588 g/mol. The van der Waals surface area contributed by atoms with Crippen LogP contribution in [0.4, 0.5) is 0 Å². The van der Waals surface area contributed by atoms with E-state index in [0.29, 0.717) is 11.8 Å². The summed E-state index contributed by atoms with van der Waals surface area (Å²) in [7, 11) is 3.22. The fourth-order valence-corrected chi connectivity index (χ4v) is 4.55. The number of aromatic nitrogens is 1. The number of rotatable bonds is 12. The molecule has 0 aliphatic carbocycles. The Morgan fingerprint density at radius 2 is 1.35 bits per heavy atom. The Balaban J connectivity index is 1.86. The molecular weight excluding hydrogens is 544 g/mol. The van der Waals surface area contributed by atoms with Crippen molar-refractivity contribution in [2.24, 2.45) is 5.92 Å². The van der Waals surface area contributed by atoms with E-state index < -0.39 is 29.7 Å². The van der Waals surface area contributed by atoms with Crippen LogP contribution in [0.5, 0.6) is 11.5 Å². The molecule has 9 heteroatoms. The molecule has 0 saturated heterocycles. The van der Waals surface area contributed by atoms with Crippen molar-refractivity contribution in [3.8, 4) is 11.5 Å². The van der Waals surface area contributed by atoms with Crippen LogP contribution in [-0.2, 0) is 9.59 Å². The van der Waals surface area contributed by atoms with Gasteiger partial charge in [0.25, 0.3) is 11.8 Å². The number of hydrazine groups is 1. The Bertz CT molecular complexity index is 1380. The third-order valence-corrected chi connectivity index (χ3v) is 7.18. The molecule has 43 heavy (non-hydrogen) atoms. The fraction of sp³-hybridized carbons (Fsp3) is 0.412. The summed E-state index contributed by atoms with van der Waals surface area (Å²) in [6.45, 7) is 13.5. The Morgan fingerprint density at radius 3 is 1.84 bits per heavy atom. The maximum atomic E-state index is 13.4. The van der Waals surface area contributed by atoms with Crippen molar-refractivity contribution in [2.45, 2.75) is 72.4 Å². The zero-order valence-corrected chi connectivity index (χ0v) is 26.6. The lowest BCUT2D eigenvalue weighted by molar-refractivity contribution is -0.138. The Hall–Kier alpha value is -4.24. The Morgan fingerprint density at radius 1 is 0.814 bits per heavy atom. The quantitative estimate of drug-likeness (QED) is 0.204. The van der Waals surface area contributed by atoms with Crippen molar-refractivity contribution in [1.29, 1.82) is 0 Å². The first kappa shape index (κ1) is 33.3. The van der Waals surface area contributed by atoms with E-state index in [2.05, 4.69) is 79.8 Å². The summed E-state index contributed by atoms with van der Waals surface area (Å²) in [5.41, 5.74) is 7.26. The standard InChI is InChI=1S/C34H44N4O5/c1-20(2)24-12-10-14-26(18-24)30(27-15-11-13-25(19-27)21(3)4)38(8)37-32(39)23(7)36-33(40)29-31(43-34(41)22(5)6)28(42-9)16-17-35-29/h10-23,30H,1-9H3,(H,36,40)(H,37,39)/t23-/m0/s1. The minimum absolute atomic E-state index is 0.0962. The number of ether oxygens (including phenoxy) is 2. The van der Waals surface area contributed by atoms with Gasteiger partial charge in [-0.1, -0.05) is 90.1 Å². The van der Waals surface area contributed by atoms with Gasteiger partial charge in [-0.25, -0.2) is 9.99 Å². The van der Waals surface area contributed by atoms with Gasteiger partial charge in [0.2, 0.25) is 5.75 Å². The molecule has 0 fully saturated rings. The van der Waals surface area contributed by atoms with Crippen molar-refractivity contribution in [1.82, 2.24) is 20.7 Å². The number of methoxy groups -OCH3 is 1. The van der Waals surface area contributed by atoms with Crippen LogP contribution in [0.25, 0.3) is 0 Å². The fourth-order valence-electron chi connectivity index (χ4n) is 4.55. The van der Waals surface area contributed by atoms with E-state index in [1.807, 2.05) is 19.2 Å². The molecule has 3 aromatic rings. The lowest BCUT2D eigenvalue weighted by Gasteiger charge is -2.31. The number of pyridine rings is 1. The minimum atomic E-state index is -0.943. The number of hydrogen-bond acceptors (Lipinski definition) is 7. The van der Waals surface area contributed by atoms with Gasteiger partial charge in [0.1, 0.15) is 6.04 Å². The molecule has 1 heterocycles. The lowest BCUT2D eigenvalue weighted by atomic mass is 9.91. The molecule has 2 aromatic carbocycles. The van der Waals surface area contributed by atoms with E-state index >= 15 is 0 Å². The van der Waals surface area contributed by atoms with Crippen LogP contribution in [-0.4, -0.2) is 48.0 Å². The molecule has 3 rings (SSSR count). The second kappa shape index (κ2) is 14.8. The summed E-state index contributed by atoms with van der Waals surface area (Å²) in [6, 6.07) is 17.0. The molecule has 9 nitrogen and oxygen atoms in total. The van der Waals surface area contributed by atoms with Crippen molar-refractivity contribution in [3.05, 3.63) is 88.7 Å². The van der Waals surface area contributed by atoms with Gasteiger partial charge in [-0.2, -0.15) is 0 Å². The van der Waals surface area contributed by atoms with Crippen molar-refractivity contribution in [2.75, 3.05) is 14.2 Å². The molecule has 0 aliphatic rings. The first-order valence-corrected chi connectivity index (χ1v) is 14.6. The summed E-state index contributed by atoms with van der Waals surface area (Å²) in [5, 5.41) is 4.44. The van der Waals surface area contributed by atoms with Gasteiger partial charge in [-0.05, 0) is 41.0 Å². The van der Waals surface area contributed by atoms with Crippen LogP contribution in [0.15, 0.2) is 60.8 Å². The molecule has 0 spiro atoms. The summed E-state index contributed by atoms with van der Waals surface area (Å²) in [4.78, 5) is 43.1. The number of nitrogens with one attached hydrogen (secondary N) is 2. The number of hydrogen-bond donors (Lipinski definition) is 2. The number of nitrogens with zero attached hydrogens (tertiary/aromatic N) is 2. The van der Waals surface area contributed by atoms with Crippen LogP contribution in [0.3, 0.4) is 0 Å². The maximum Gasteiger partial charge on any atom is 0.313 e. The molecule has 0 saturated carbocycles. The molecule has 0 aliphatic heterocycles. The topological polar surface area (TPSA) is 110 Å². The van der Waals surface area contributed by atoms with Crippen LogP contribution >= 0.6 is 0 Å². The molecule has 0 unspecified atom stereocenters. The highest BCUT2D eigenvalue weighted by atomic mass is 16.6. The van der Waals surface area contributed by atoms with Gasteiger partial charge < -0.3 is 14.8 Å². The predicted molar refractivity (Wildman–Crippen MR) is 167 cm³/mol. The van der Waals surface area contributed by atoms with Crippen molar-refractivity contribution < 1.29 is 23.9 Å². The molecule has 230 valence electrons. The molecule has 0 radical (unpaired) electrons. The van der Waals surface area contributed by atoms with E-state index in [-0.39, 0.29) is 23.2 Å². The summed E-state index contributed by atoms with van der Waals surface area (Å²) in [6.07, 6.45) is 1.38. The Labute approximate surface area is 255 Å². The highest BCUT2D eigenvalue weighted by molar-refractivity contribution is 5.99. The van der Waals surface area contributed by atoms with Gasteiger partial charge in [-0.15, -0.1) is 0 Å².